The largest absolute Gasteiger partial charge is 0.496 e. The van der Waals surface area contributed by atoms with Crippen molar-refractivity contribution in [1.82, 2.24) is 25.4 Å². The molecule has 162 valence electrons. The highest BCUT2D eigenvalue weighted by atomic mass is 127. The smallest absolute Gasteiger partial charge is 0.191 e. The molecule has 0 radical (unpaired) electrons. The number of rotatable bonds is 8. The summed E-state index contributed by atoms with van der Waals surface area (Å²) in [6, 6.07) is 10.4. The Hall–Kier alpha value is -2.14. The standard InChI is InChI=1S/C21H28N6OS.HI/c1-15-7-8-17(19(12-15)28-4)13-23-21(22-10-9-18-6-5-11-29-18)24-14-20-26-25-16(2)27(20)3;/h5-8,11-12H,9-10,13-14H2,1-4H3,(H2,22,23,24);1H. The highest BCUT2D eigenvalue weighted by Gasteiger charge is 2.08. The third kappa shape index (κ3) is 6.69. The minimum absolute atomic E-state index is 0. The molecule has 1 aromatic carbocycles. The zero-order valence-electron chi connectivity index (χ0n) is 17.8. The van der Waals surface area contributed by atoms with Crippen LogP contribution in [0, 0.1) is 13.8 Å². The van der Waals surface area contributed by atoms with Gasteiger partial charge in [0, 0.05) is 24.0 Å². The normalized spacial score (nSPS) is 11.1. The van der Waals surface area contributed by atoms with Crippen molar-refractivity contribution in [3.05, 3.63) is 63.4 Å². The van der Waals surface area contributed by atoms with Crippen LogP contribution in [0.4, 0.5) is 0 Å². The van der Waals surface area contributed by atoms with Crippen LogP contribution in [-0.2, 0) is 26.6 Å². The van der Waals surface area contributed by atoms with Crippen LogP contribution in [0.5, 0.6) is 5.75 Å². The molecular formula is C21H29IN6OS. The number of aromatic nitrogens is 3. The Kier molecular flexibility index (Phi) is 9.57. The molecule has 0 bridgehead atoms. The fraction of sp³-hybridized carbons (Fsp3) is 0.381. The first-order valence-electron chi connectivity index (χ1n) is 9.59. The number of hydrogen-bond acceptors (Lipinski definition) is 5. The SMILES string of the molecule is COc1cc(C)ccc1CN=C(NCCc1cccs1)NCc1nnc(C)n1C.I. The number of thiophene rings is 1. The van der Waals surface area contributed by atoms with Gasteiger partial charge in [-0.2, -0.15) is 0 Å². The third-order valence-corrected chi connectivity index (χ3v) is 5.63. The Morgan fingerprint density at radius 1 is 1.20 bits per heavy atom. The molecule has 2 heterocycles. The fourth-order valence-corrected chi connectivity index (χ4v) is 3.56. The van der Waals surface area contributed by atoms with Crippen molar-refractivity contribution < 1.29 is 4.74 Å². The summed E-state index contributed by atoms with van der Waals surface area (Å²) in [5.41, 5.74) is 2.21. The molecule has 0 spiro atoms. The van der Waals surface area contributed by atoms with Gasteiger partial charge in [-0.05, 0) is 43.3 Å². The summed E-state index contributed by atoms with van der Waals surface area (Å²) < 4.78 is 7.48. The third-order valence-electron chi connectivity index (χ3n) is 4.69. The molecule has 0 saturated heterocycles. The first-order chi connectivity index (χ1) is 14.1. The van der Waals surface area contributed by atoms with Gasteiger partial charge < -0.3 is 19.9 Å². The summed E-state index contributed by atoms with van der Waals surface area (Å²) in [7, 11) is 3.65. The summed E-state index contributed by atoms with van der Waals surface area (Å²) in [6.07, 6.45) is 0.954. The molecule has 3 aromatic rings. The van der Waals surface area contributed by atoms with Crippen LogP contribution in [0.2, 0.25) is 0 Å². The number of nitrogens with one attached hydrogen (secondary N) is 2. The van der Waals surface area contributed by atoms with Crippen LogP contribution in [0.15, 0.2) is 40.7 Å². The van der Waals surface area contributed by atoms with Crippen molar-refractivity contribution in [2.45, 2.75) is 33.4 Å². The number of ether oxygens (including phenoxy) is 1. The molecule has 9 heteroatoms. The molecule has 0 aliphatic heterocycles. The maximum absolute atomic E-state index is 5.51. The van der Waals surface area contributed by atoms with E-state index in [0.29, 0.717) is 13.1 Å². The van der Waals surface area contributed by atoms with E-state index in [-0.39, 0.29) is 24.0 Å². The number of methoxy groups -OCH3 is 1. The molecule has 2 N–H and O–H groups in total. The van der Waals surface area contributed by atoms with Crippen molar-refractivity contribution in [2.24, 2.45) is 12.0 Å². The molecule has 0 unspecified atom stereocenters. The molecule has 3 rings (SSSR count). The summed E-state index contributed by atoms with van der Waals surface area (Å²) in [5, 5.41) is 17.2. The van der Waals surface area contributed by atoms with Crippen LogP contribution < -0.4 is 15.4 Å². The van der Waals surface area contributed by atoms with Crippen LogP contribution >= 0.6 is 35.3 Å². The Morgan fingerprint density at radius 2 is 2.03 bits per heavy atom. The van der Waals surface area contributed by atoms with Gasteiger partial charge in [-0.1, -0.05) is 18.2 Å². The Balaban J connectivity index is 0.00000320. The fourth-order valence-electron chi connectivity index (χ4n) is 2.85. The van der Waals surface area contributed by atoms with Crippen molar-refractivity contribution >= 4 is 41.3 Å². The number of benzene rings is 1. The second-order valence-corrected chi connectivity index (χ2v) is 7.84. The van der Waals surface area contributed by atoms with E-state index in [9.17, 15) is 0 Å². The van der Waals surface area contributed by atoms with Crippen molar-refractivity contribution in [2.75, 3.05) is 13.7 Å². The molecule has 0 aliphatic carbocycles. The van der Waals surface area contributed by atoms with E-state index in [4.69, 9.17) is 9.73 Å². The second kappa shape index (κ2) is 11.9. The van der Waals surface area contributed by atoms with Gasteiger partial charge in [0.2, 0.25) is 0 Å². The van der Waals surface area contributed by atoms with E-state index in [0.717, 1.165) is 41.9 Å². The van der Waals surface area contributed by atoms with Crippen LogP contribution in [0.1, 0.15) is 27.7 Å². The van der Waals surface area contributed by atoms with Gasteiger partial charge in [0.15, 0.2) is 11.8 Å². The quantitative estimate of drug-likeness (QED) is 0.260. The maximum atomic E-state index is 5.51. The minimum Gasteiger partial charge on any atom is -0.496 e. The highest BCUT2D eigenvalue weighted by Crippen LogP contribution is 2.20. The molecule has 0 atom stereocenters. The Morgan fingerprint density at radius 3 is 2.70 bits per heavy atom. The molecule has 0 fully saturated rings. The van der Waals surface area contributed by atoms with Gasteiger partial charge in [0.1, 0.15) is 11.6 Å². The van der Waals surface area contributed by atoms with Gasteiger partial charge >= 0.3 is 0 Å². The minimum atomic E-state index is 0. The van der Waals surface area contributed by atoms with Crippen molar-refractivity contribution in [1.29, 1.82) is 0 Å². The van der Waals surface area contributed by atoms with Crippen LogP contribution in [-0.4, -0.2) is 34.4 Å². The lowest BCUT2D eigenvalue weighted by Crippen LogP contribution is -2.38. The van der Waals surface area contributed by atoms with Crippen LogP contribution in [0.25, 0.3) is 0 Å². The molecule has 7 nitrogen and oxygen atoms in total. The van der Waals surface area contributed by atoms with E-state index in [1.54, 1.807) is 18.4 Å². The van der Waals surface area contributed by atoms with E-state index in [1.165, 1.54) is 10.4 Å². The summed E-state index contributed by atoms with van der Waals surface area (Å²) in [5.74, 6) is 3.35. The van der Waals surface area contributed by atoms with Crippen LogP contribution in [0.3, 0.4) is 0 Å². The first-order valence-corrected chi connectivity index (χ1v) is 10.5. The first kappa shape index (κ1) is 24.1. The monoisotopic (exact) mass is 540 g/mol. The number of aliphatic imine (C=N–C) groups is 1. The number of guanidine groups is 1. The maximum Gasteiger partial charge on any atom is 0.191 e. The molecule has 2 aromatic heterocycles. The van der Waals surface area contributed by atoms with E-state index >= 15 is 0 Å². The van der Waals surface area contributed by atoms with E-state index < -0.39 is 0 Å². The zero-order valence-corrected chi connectivity index (χ0v) is 21.0. The summed E-state index contributed by atoms with van der Waals surface area (Å²) in [4.78, 5) is 6.11. The topological polar surface area (TPSA) is 76.4 Å². The summed E-state index contributed by atoms with van der Waals surface area (Å²) >= 11 is 1.77. The number of nitrogens with zero attached hydrogens (tertiary/aromatic N) is 4. The molecule has 0 amide bonds. The van der Waals surface area contributed by atoms with Gasteiger partial charge in [0.05, 0.1) is 20.2 Å². The average molecular weight is 540 g/mol. The lowest BCUT2D eigenvalue weighted by Gasteiger charge is -2.13. The number of halogens is 1. The highest BCUT2D eigenvalue weighted by molar-refractivity contribution is 14.0. The molecule has 0 saturated carbocycles. The van der Waals surface area contributed by atoms with Crippen molar-refractivity contribution in [3.63, 3.8) is 0 Å². The van der Waals surface area contributed by atoms with E-state index in [1.807, 2.05) is 24.6 Å². The van der Waals surface area contributed by atoms with Gasteiger partial charge in [-0.25, -0.2) is 4.99 Å². The molecular weight excluding hydrogens is 511 g/mol. The van der Waals surface area contributed by atoms with Gasteiger partial charge in [0.25, 0.3) is 0 Å². The lowest BCUT2D eigenvalue weighted by molar-refractivity contribution is 0.409. The Bertz CT molecular complexity index is 955. The van der Waals surface area contributed by atoms with Gasteiger partial charge in [-0.3, -0.25) is 0 Å². The molecule has 0 aliphatic rings. The number of hydrogen-bond donors (Lipinski definition) is 2. The molecule has 30 heavy (non-hydrogen) atoms. The lowest BCUT2D eigenvalue weighted by atomic mass is 10.1. The number of aryl methyl sites for hydroxylation is 2. The average Bonchev–Trinajstić information content (AvgIpc) is 3.35. The van der Waals surface area contributed by atoms with Gasteiger partial charge in [-0.15, -0.1) is 45.5 Å². The predicted molar refractivity (Wildman–Crippen MR) is 133 cm³/mol. The zero-order chi connectivity index (χ0) is 20.6. The van der Waals surface area contributed by atoms with Crippen molar-refractivity contribution in [3.8, 4) is 5.75 Å². The Labute approximate surface area is 199 Å². The van der Waals surface area contributed by atoms with E-state index in [2.05, 4.69) is 57.4 Å². The second-order valence-electron chi connectivity index (χ2n) is 6.81. The summed E-state index contributed by atoms with van der Waals surface area (Å²) in [6.45, 7) is 5.87. The predicted octanol–water partition coefficient (Wildman–Crippen LogP) is 3.60.